The normalized spacial score (nSPS) is 10.8. The molecule has 0 aliphatic heterocycles. The second-order valence-electron chi connectivity index (χ2n) is 6.09. The van der Waals surface area contributed by atoms with Gasteiger partial charge in [0.25, 0.3) is 0 Å². The molecule has 0 atom stereocenters. The molecule has 3 aromatic rings. The highest BCUT2D eigenvalue weighted by Gasteiger charge is 2.15. The molecule has 0 radical (unpaired) electrons. The molecule has 0 bridgehead atoms. The number of benzene rings is 2. The molecule has 0 aliphatic rings. The fourth-order valence-electron chi connectivity index (χ4n) is 2.67. The lowest BCUT2D eigenvalue weighted by molar-refractivity contribution is -0.142. The molecule has 1 aromatic heterocycles. The molecule has 31 heavy (non-hydrogen) atoms. The van der Waals surface area contributed by atoms with E-state index in [4.69, 9.17) is 18.6 Å². The first kappa shape index (κ1) is 22.2. The zero-order valence-corrected chi connectivity index (χ0v) is 18.5. The van der Waals surface area contributed by atoms with Gasteiger partial charge in [0.2, 0.25) is 0 Å². The maximum atomic E-state index is 12.4. The van der Waals surface area contributed by atoms with Gasteiger partial charge in [-0.3, -0.25) is 4.79 Å². The van der Waals surface area contributed by atoms with Gasteiger partial charge >= 0.3 is 11.9 Å². The zero-order valence-electron chi connectivity index (χ0n) is 16.9. The van der Waals surface area contributed by atoms with Crippen molar-refractivity contribution < 1.29 is 33.0 Å². The minimum Gasteiger partial charge on any atom is -0.493 e. The van der Waals surface area contributed by atoms with Gasteiger partial charge < -0.3 is 23.4 Å². The maximum Gasteiger partial charge on any atom is 0.343 e. The van der Waals surface area contributed by atoms with Crippen LogP contribution >= 0.6 is 15.9 Å². The van der Waals surface area contributed by atoms with Gasteiger partial charge in [-0.25, -0.2) is 10.2 Å². The van der Waals surface area contributed by atoms with Gasteiger partial charge in [-0.15, -0.1) is 0 Å². The average molecular weight is 491 g/mol. The Labute approximate surface area is 186 Å². The monoisotopic (exact) mass is 490 g/mol. The number of hydrogen-bond donors (Lipinski definition) is 1. The van der Waals surface area contributed by atoms with Crippen molar-refractivity contribution in [1.29, 1.82) is 0 Å². The predicted molar refractivity (Wildman–Crippen MR) is 116 cm³/mol. The van der Waals surface area contributed by atoms with Crippen LogP contribution in [0.5, 0.6) is 17.2 Å². The fourth-order valence-corrected chi connectivity index (χ4v) is 3.25. The minimum atomic E-state index is -0.523. The Morgan fingerprint density at radius 3 is 2.61 bits per heavy atom. The molecule has 1 amide bonds. The lowest BCUT2D eigenvalue weighted by Gasteiger charge is -2.12. The number of nitrogens with zero attached hydrogens (tertiary/aromatic N) is 1. The third-order valence-corrected chi connectivity index (χ3v) is 4.73. The third-order valence-electron chi connectivity index (χ3n) is 4.15. The summed E-state index contributed by atoms with van der Waals surface area (Å²) in [6.07, 6.45) is 1.43. The Morgan fingerprint density at radius 2 is 1.90 bits per heavy atom. The third kappa shape index (κ3) is 5.15. The standard InChI is InChI=1S/C21H19BrN2O7/c1-27-15-6-4-5-13-9-17(31-19(13)15)21(26)24-23-10-12-7-14(22)20(16(8-12)28-2)30-11-18(25)29-3/h4-10H,11H2,1-3H3,(H,24,26)/b23-10-. The molecule has 10 heteroatoms. The average Bonchev–Trinajstić information content (AvgIpc) is 3.22. The number of esters is 1. The number of carbonyl (C=O) groups is 2. The number of amides is 1. The number of carbonyl (C=O) groups excluding carboxylic acids is 2. The number of methoxy groups -OCH3 is 3. The smallest absolute Gasteiger partial charge is 0.343 e. The summed E-state index contributed by atoms with van der Waals surface area (Å²) in [6, 6.07) is 10.3. The van der Waals surface area contributed by atoms with E-state index in [1.807, 2.05) is 6.07 Å². The molecule has 0 saturated carbocycles. The summed E-state index contributed by atoms with van der Waals surface area (Å²) in [6.45, 7) is -0.267. The fraction of sp³-hybridized carbons (Fsp3) is 0.190. The second kappa shape index (κ2) is 9.98. The van der Waals surface area contributed by atoms with E-state index >= 15 is 0 Å². The van der Waals surface area contributed by atoms with Crippen molar-refractivity contribution >= 4 is 45.0 Å². The molecule has 1 heterocycles. The first-order valence-electron chi connectivity index (χ1n) is 8.94. The van der Waals surface area contributed by atoms with Gasteiger partial charge in [0.05, 0.1) is 32.0 Å². The molecule has 3 rings (SSSR count). The highest BCUT2D eigenvalue weighted by molar-refractivity contribution is 9.10. The number of hydrogen-bond acceptors (Lipinski definition) is 8. The van der Waals surface area contributed by atoms with Gasteiger partial charge in [0.15, 0.2) is 35.2 Å². The molecule has 1 N–H and O–H groups in total. The van der Waals surface area contributed by atoms with Crippen molar-refractivity contribution in [2.75, 3.05) is 27.9 Å². The SMILES string of the molecule is COC(=O)COc1c(Br)cc(/C=N\NC(=O)c2cc3cccc(OC)c3o2)cc1OC. The van der Waals surface area contributed by atoms with Crippen molar-refractivity contribution in [2.45, 2.75) is 0 Å². The number of furan rings is 1. The van der Waals surface area contributed by atoms with Crippen LogP contribution in [-0.2, 0) is 9.53 Å². The molecule has 0 saturated heterocycles. The largest absolute Gasteiger partial charge is 0.493 e. The Hall–Kier alpha value is -3.53. The van der Waals surface area contributed by atoms with Crippen molar-refractivity contribution in [3.05, 3.63) is 52.2 Å². The van der Waals surface area contributed by atoms with Crippen molar-refractivity contribution in [2.24, 2.45) is 5.10 Å². The van der Waals surface area contributed by atoms with Crippen molar-refractivity contribution in [3.63, 3.8) is 0 Å². The van der Waals surface area contributed by atoms with Crippen LogP contribution in [0.3, 0.4) is 0 Å². The molecule has 9 nitrogen and oxygen atoms in total. The summed E-state index contributed by atoms with van der Waals surface area (Å²) < 4.78 is 26.6. The summed E-state index contributed by atoms with van der Waals surface area (Å²) in [5.41, 5.74) is 3.51. The van der Waals surface area contributed by atoms with Crippen LogP contribution in [0.2, 0.25) is 0 Å². The van der Waals surface area contributed by atoms with E-state index in [9.17, 15) is 9.59 Å². The number of nitrogens with one attached hydrogen (secondary N) is 1. The summed E-state index contributed by atoms with van der Waals surface area (Å²) in [5.74, 6) is 0.304. The van der Waals surface area contributed by atoms with Crippen LogP contribution in [0.25, 0.3) is 11.0 Å². The van der Waals surface area contributed by atoms with E-state index in [0.717, 1.165) is 5.39 Å². The lowest BCUT2D eigenvalue weighted by Crippen LogP contribution is -2.16. The summed E-state index contributed by atoms with van der Waals surface area (Å²) in [5, 5.41) is 4.70. The molecule has 0 aliphatic carbocycles. The maximum absolute atomic E-state index is 12.4. The van der Waals surface area contributed by atoms with Crippen molar-refractivity contribution in [3.8, 4) is 17.2 Å². The van der Waals surface area contributed by atoms with E-state index in [-0.39, 0.29) is 12.4 Å². The Bertz CT molecular complexity index is 1140. The first-order valence-corrected chi connectivity index (χ1v) is 9.73. The Morgan fingerprint density at radius 1 is 1.13 bits per heavy atom. The number of rotatable bonds is 8. The van der Waals surface area contributed by atoms with Crippen molar-refractivity contribution in [1.82, 2.24) is 5.43 Å². The molecule has 0 fully saturated rings. The summed E-state index contributed by atoms with van der Waals surface area (Å²) in [4.78, 5) is 23.7. The molecule has 0 unspecified atom stereocenters. The molecule has 0 spiro atoms. The first-order chi connectivity index (χ1) is 15.0. The topological polar surface area (TPSA) is 109 Å². The Balaban J connectivity index is 1.72. The zero-order chi connectivity index (χ0) is 22.4. The summed E-state index contributed by atoms with van der Waals surface area (Å²) in [7, 11) is 4.26. The molecule has 162 valence electrons. The van der Waals surface area contributed by atoms with Gasteiger partial charge in [-0.2, -0.15) is 5.10 Å². The van der Waals surface area contributed by atoms with Gasteiger partial charge in [-0.05, 0) is 45.8 Å². The van der Waals surface area contributed by atoms with Gasteiger partial charge in [0.1, 0.15) is 0 Å². The van der Waals surface area contributed by atoms with Crippen LogP contribution in [0.1, 0.15) is 16.1 Å². The van der Waals surface area contributed by atoms with E-state index in [2.05, 4.69) is 31.2 Å². The van der Waals surface area contributed by atoms with Crippen LogP contribution in [0, 0.1) is 0 Å². The second-order valence-corrected chi connectivity index (χ2v) is 6.94. The number of hydrazone groups is 1. The van der Waals surface area contributed by atoms with Crippen LogP contribution < -0.4 is 19.6 Å². The molecular weight excluding hydrogens is 472 g/mol. The van der Waals surface area contributed by atoms with E-state index in [1.54, 1.807) is 30.3 Å². The highest BCUT2D eigenvalue weighted by atomic mass is 79.9. The Kier molecular flexibility index (Phi) is 7.14. The van der Waals surface area contributed by atoms with E-state index in [1.165, 1.54) is 27.5 Å². The minimum absolute atomic E-state index is 0.0990. The predicted octanol–water partition coefficient (Wildman–Crippen LogP) is 3.53. The molecule has 2 aromatic carbocycles. The number of fused-ring (bicyclic) bond motifs is 1. The quantitative estimate of drug-likeness (QED) is 0.292. The van der Waals surface area contributed by atoms with E-state index < -0.39 is 11.9 Å². The van der Waals surface area contributed by atoms with Crippen LogP contribution in [0.15, 0.2) is 50.4 Å². The lowest BCUT2D eigenvalue weighted by atomic mass is 10.2. The highest BCUT2D eigenvalue weighted by Crippen LogP contribution is 2.36. The number of para-hydroxylation sites is 1. The van der Waals surface area contributed by atoms with Crippen LogP contribution in [0.4, 0.5) is 0 Å². The van der Waals surface area contributed by atoms with E-state index in [0.29, 0.717) is 32.9 Å². The van der Waals surface area contributed by atoms with Crippen LogP contribution in [-0.4, -0.2) is 46.0 Å². The molecular formula is C21H19BrN2O7. The van der Waals surface area contributed by atoms with Gasteiger partial charge in [0, 0.05) is 5.39 Å². The summed E-state index contributed by atoms with van der Waals surface area (Å²) >= 11 is 3.37. The number of ether oxygens (including phenoxy) is 4. The van der Waals surface area contributed by atoms with Gasteiger partial charge in [-0.1, -0.05) is 12.1 Å². The number of halogens is 1.